The van der Waals surface area contributed by atoms with Gasteiger partial charge in [-0.2, -0.15) is 0 Å². The number of hydrogen-bond acceptors (Lipinski definition) is 2. The topological polar surface area (TPSA) is 46.2 Å². The van der Waals surface area contributed by atoms with Gasteiger partial charge in [0.05, 0.1) is 5.60 Å². The van der Waals surface area contributed by atoms with Crippen LogP contribution in [0.1, 0.15) is 44.1 Å². The molecule has 2 nitrogen and oxygen atoms in total. The molecule has 0 aromatic heterocycles. The zero-order valence-corrected chi connectivity index (χ0v) is 10.7. The average Bonchev–Trinajstić information content (AvgIpc) is 2.26. The summed E-state index contributed by atoms with van der Waals surface area (Å²) in [4.78, 5) is 0. The van der Waals surface area contributed by atoms with Crippen LogP contribution in [0.5, 0.6) is 0 Å². The highest BCUT2D eigenvalue weighted by Crippen LogP contribution is 2.62. The highest BCUT2D eigenvalue weighted by atomic mass is 16.3. The Hall–Kier alpha value is -1.02. The van der Waals surface area contributed by atoms with Gasteiger partial charge in [0.1, 0.15) is 0 Å². The Morgan fingerprint density at radius 1 is 1.00 bits per heavy atom. The van der Waals surface area contributed by atoms with E-state index >= 15 is 0 Å². The third kappa shape index (κ3) is 1.45. The van der Waals surface area contributed by atoms with Gasteiger partial charge in [0, 0.05) is 5.69 Å². The molecule has 96 valence electrons. The molecule has 4 aliphatic rings. The van der Waals surface area contributed by atoms with Crippen molar-refractivity contribution in [2.75, 3.05) is 5.73 Å². The minimum absolute atomic E-state index is 0.243. The summed E-state index contributed by atoms with van der Waals surface area (Å²) in [5.74, 6) is 1.49. The van der Waals surface area contributed by atoms with Crippen molar-refractivity contribution in [3.8, 4) is 0 Å². The molecule has 1 aromatic rings. The van der Waals surface area contributed by atoms with E-state index in [4.69, 9.17) is 5.73 Å². The van der Waals surface area contributed by atoms with Gasteiger partial charge in [0.2, 0.25) is 0 Å². The number of nitrogen functional groups attached to an aromatic ring is 1. The van der Waals surface area contributed by atoms with Crippen molar-refractivity contribution < 1.29 is 5.11 Å². The maximum atomic E-state index is 10.8. The molecule has 4 saturated carbocycles. The molecule has 4 bridgehead atoms. The van der Waals surface area contributed by atoms with E-state index in [1.54, 1.807) is 0 Å². The predicted octanol–water partition coefficient (Wildman–Crippen LogP) is 2.85. The molecule has 2 atom stereocenters. The molecule has 2 heteroatoms. The summed E-state index contributed by atoms with van der Waals surface area (Å²) in [5, 5.41) is 10.8. The Kier molecular flexibility index (Phi) is 1.99. The first-order chi connectivity index (χ1) is 8.57. The molecule has 18 heavy (non-hydrogen) atoms. The van der Waals surface area contributed by atoms with E-state index in [0.717, 1.165) is 36.8 Å². The summed E-state index contributed by atoms with van der Waals surface area (Å²) >= 11 is 0. The maximum Gasteiger partial charge on any atom is 0.0661 e. The van der Waals surface area contributed by atoms with Gasteiger partial charge in [-0.15, -0.1) is 0 Å². The van der Waals surface area contributed by atoms with Crippen molar-refractivity contribution in [2.24, 2.45) is 11.8 Å². The summed E-state index contributed by atoms with van der Waals surface area (Å²) < 4.78 is 0. The van der Waals surface area contributed by atoms with Crippen LogP contribution in [-0.4, -0.2) is 10.7 Å². The molecule has 0 amide bonds. The van der Waals surface area contributed by atoms with E-state index in [2.05, 4.69) is 12.1 Å². The Morgan fingerprint density at radius 2 is 1.61 bits per heavy atom. The van der Waals surface area contributed by atoms with Crippen molar-refractivity contribution in [2.45, 2.75) is 49.5 Å². The van der Waals surface area contributed by atoms with E-state index < -0.39 is 0 Å². The van der Waals surface area contributed by atoms with Crippen LogP contribution < -0.4 is 5.73 Å². The van der Waals surface area contributed by atoms with E-state index in [0.29, 0.717) is 0 Å². The zero-order valence-electron chi connectivity index (χ0n) is 10.7. The van der Waals surface area contributed by atoms with Crippen molar-refractivity contribution in [1.29, 1.82) is 0 Å². The number of anilines is 1. The largest absolute Gasteiger partial charge is 0.399 e. The SMILES string of the molecule is Nc1ccc(C23C[C@H]4C[C@@H](CC(O)(C4)C2)C3)cc1. The first-order valence-electron chi connectivity index (χ1n) is 7.15. The van der Waals surface area contributed by atoms with Gasteiger partial charge in [-0.3, -0.25) is 0 Å². The second-order valence-corrected chi connectivity index (χ2v) is 7.09. The number of aliphatic hydroxyl groups is 1. The summed E-state index contributed by atoms with van der Waals surface area (Å²) in [6.07, 6.45) is 6.95. The molecular formula is C16H21NO. The molecular weight excluding hydrogens is 222 g/mol. The van der Waals surface area contributed by atoms with Crippen molar-refractivity contribution in [1.82, 2.24) is 0 Å². The fourth-order valence-corrected chi connectivity index (χ4v) is 5.39. The van der Waals surface area contributed by atoms with Gasteiger partial charge in [-0.1, -0.05) is 12.1 Å². The lowest BCUT2D eigenvalue weighted by atomic mass is 9.46. The molecule has 5 rings (SSSR count). The van der Waals surface area contributed by atoms with E-state index in [1.165, 1.54) is 24.8 Å². The molecule has 4 fully saturated rings. The van der Waals surface area contributed by atoms with Crippen LogP contribution >= 0.6 is 0 Å². The van der Waals surface area contributed by atoms with E-state index in [-0.39, 0.29) is 11.0 Å². The lowest BCUT2D eigenvalue weighted by Gasteiger charge is -2.60. The summed E-state index contributed by atoms with van der Waals surface area (Å²) in [6, 6.07) is 8.40. The lowest BCUT2D eigenvalue weighted by molar-refractivity contribution is -0.136. The number of hydrogen-bond donors (Lipinski definition) is 2. The first-order valence-corrected chi connectivity index (χ1v) is 7.15. The zero-order chi connectivity index (χ0) is 12.4. The lowest BCUT2D eigenvalue weighted by Crippen LogP contribution is -2.57. The number of benzene rings is 1. The number of rotatable bonds is 1. The average molecular weight is 243 g/mol. The second kappa shape index (κ2) is 3.30. The van der Waals surface area contributed by atoms with Gasteiger partial charge in [0.25, 0.3) is 0 Å². The third-order valence-electron chi connectivity index (χ3n) is 5.55. The van der Waals surface area contributed by atoms with Crippen LogP contribution in [-0.2, 0) is 5.41 Å². The quantitative estimate of drug-likeness (QED) is 0.745. The molecule has 3 N–H and O–H groups in total. The van der Waals surface area contributed by atoms with E-state index in [1.807, 2.05) is 12.1 Å². The fourth-order valence-electron chi connectivity index (χ4n) is 5.39. The first kappa shape index (κ1) is 10.9. The van der Waals surface area contributed by atoms with Crippen LogP contribution in [0.15, 0.2) is 24.3 Å². The smallest absolute Gasteiger partial charge is 0.0661 e. The summed E-state index contributed by atoms with van der Waals surface area (Å²) in [6.45, 7) is 0. The highest BCUT2D eigenvalue weighted by Gasteiger charge is 2.57. The normalized spacial score (nSPS) is 45.4. The highest BCUT2D eigenvalue weighted by molar-refractivity contribution is 5.42. The van der Waals surface area contributed by atoms with Crippen molar-refractivity contribution in [3.63, 3.8) is 0 Å². The standard InChI is InChI=1S/C16H21NO/c17-14-3-1-13(2-4-14)15-6-11-5-12(7-15)9-16(18,8-11)10-15/h1-4,11-12,18H,5-10,17H2/t11-,12-,15?,16?/m1/s1. The van der Waals surface area contributed by atoms with Gasteiger partial charge in [-0.25, -0.2) is 0 Å². The van der Waals surface area contributed by atoms with Crippen LogP contribution in [0.3, 0.4) is 0 Å². The number of nitrogens with two attached hydrogens (primary N) is 1. The Bertz CT molecular complexity index is 464. The molecule has 0 unspecified atom stereocenters. The minimum Gasteiger partial charge on any atom is -0.399 e. The molecule has 0 heterocycles. The molecule has 0 aliphatic heterocycles. The molecule has 1 aromatic carbocycles. The molecule has 0 spiro atoms. The summed E-state index contributed by atoms with van der Waals surface area (Å²) in [5.41, 5.74) is 7.91. The van der Waals surface area contributed by atoms with Crippen molar-refractivity contribution >= 4 is 5.69 Å². The van der Waals surface area contributed by atoms with Crippen LogP contribution in [0.25, 0.3) is 0 Å². The fraction of sp³-hybridized carbons (Fsp3) is 0.625. The van der Waals surface area contributed by atoms with Crippen LogP contribution in [0, 0.1) is 11.8 Å². The minimum atomic E-state index is -0.370. The third-order valence-corrected chi connectivity index (χ3v) is 5.55. The van der Waals surface area contributed by atoms with E-state index in [9.17, 15) is 5.11 Å². The van der Waals surface area contributed by atoms with Crippen molar-refractivity contribution in [3.05, 3.63) is 29.8 Å². The maximum absolute atomic E-state index is 10.8. The predicted molar refractivity (Wildman–Crippen MR) is 72.2 cm³/mol. The molecule has 0 saturated heterocycles. The van der Waals surface area contributed by atoms with Crippen LogP contribution in [0.2, 0.25) is 0 Å². The Balaban J connectivity index is 1.77. The van der Waals surface area contributed by atoms with Gasteiger partial charge in [0.15, 0.2) is 0 Å². The molecule has 4 aliphatic carbocycles. The van der Waals surface area contributed by atoms with Gasteiger partial charge >= 0.3 is 0 Å². The van der Waals surface area contributed by atoms with Crippen LogP contribution in [0.4, 0.5) is 5.69 Å². The molecule has 0 radical (unpaired) electrons. The van der Waals surface area contributed by atoms with Gasteiger partial charge in [-0.05, 0) is 73.5 Å². The summed E-state index contributed by atoms with van der Waals surface area (Å²) in [7, 11) is 0. The van der Waals surface area contributed by atoms with Gasteiger partial charge < -0.3 is 10.8 Å². The Morgan fingerprint density at radius 3 is 2.17 bits per heavy atom. The monoisotopic (exact) mass is 243 g/mol. The Labute approximate surface area is 108 Å². The second-order valence-electron chi connectivity index (χ2n) is 7.09.